The molecule has 184 valence electrons. The van der Waals surface area contributed by atoms with Gasteiger partial charge in [0.2, 0.25) is 5.91 Å². The first-order valence-electron chi connectivity index (χ1n) is 10.9. The third kappa shape index (κ3) is 5.31. The Hall–Kier alpha value is -4.38. The summed E-state index contributed by atoms with van der Waals surface area (Å²) >= 11 is 0.707. The zero-order valence-electron chi connectivity index (χ0n) is 19.3. The van der Waals surface area contributed by atoms with E-state index in [0.29, 0.717) is 28.8 Å². The van der Waals surface area contributed by atoms with Crippen molar-refractivity contribution in [3.8, 4) is 17.1 Å². The van der Waals surface area contributed by atoms with E-state index < -0.39 is 28.5 Å². The molecule has 3 amide bonds. The van der Waals surface area contributed by atoms with Crippen LogP contribution in [0.4, 0.5) is 16.2 Å². The minimum atomic E-state index is -0.604. The van der Waals surface area contributed by atoms with Crippen LogP contribution in [0.25, 0.3) is 17.4 Å². The van der Waals surface area contributed by atoms with Gasteiger partial charge >= 0.3 is 0 Å². The second-order valence-corrected chi connectivity index (χ2v) is 8.70. The number of furan rings is 1. The summed E-state index contributed by atoms with van der Waals surface area (Å²) in [5, 5.41) is 13.1. The number of hydrogen-bond acceptors (Lipinski definition) is 8. The maximum absolute atomic E-state index is 12.8. The first kappa shape index (κ1) is 24.7. The lowest BCUT2D eigenvalue weighted by molar-refractivity contribution is -0.384. The molecule has 1 saturated heterocycles. The van der Waals surface area contributed by atoms with Gasteiger partial charge in [-0.15, -0.1) is 0 Å². The molecular weight excluding hydrogens is 486 g/mol. The Labute approximate surface area is 210 Å². The fourth-order valence-electron chi connectivity index (χ4n) is 3.51. The van der Waals surface area contributed by atoms with Crippen LogP contribution in [-0.2, 0) is 16.0 Å². The van der Waals surface area contributed by atoms with E-state index in [2.05, 4.69) is 5.32 Å². The lowest BCUT2D eigenvalue weighted by Gasteiger charge is -2.12. The highest BCUT2D eigenvalue weighted by Crippen LogP contribution is 2.36. The van der Waals surface area contributed by atoms with Crippen molar-refractivity contribution in [1.29, 1.82) is 0 Å². The number of nitro benzene ring substituents is 1. The first-order chi connectivity index (χ1) is 17.3. The molecule has 0 radical (unpaired) electrons. The zero-order valence-corrected chi connectivity index (χ0v) is 20.2. The number of nitro groups is 1. The van der Waals surface area contributed by atoms with Crippen LogP contribution in [0.2, 0.25) is 0 Å². The molecule has 4 rings (SSSR count). The quantitative estimate of drug-likeness (QED) is 0.253. The Kier molecular flexibility index (Phi) is 7.20. The zero-order chi connectivity index (χ0) is 25.8. The molecule has 1 fully saturated rings. The summed E-state index contributed by atoms with van der Waals surface area (Å²) in [6.07, 6.45) is 2.28. The van der Waals surface area contributed by atoms with E-state index in [-0.39, 0.29) is 22.1 Å². The normalized spacial score (nSPS) is 14.4. The van der Waals surface area contributed by atoms with Crippen molar-refractivity contribution in [3.05, 3.63) is 80.9 Å². The molecule has 0 bridgehead atoms. The molecule has 11 heteroatoms. The van der Waals surface area contributed by atoms with Gasteiger partial charge in [-0.05, 0) is 54.1 Å². The Morgan fingerprint density at radius 1 is 1.17 bits per heavy atom. The molecule has 1 aliphatic heterocycles. The van der Waals surface area contributed by atoms with Gasteiger partial charge in [-0.25, -0.2) is 0 Å². The molecule has 0 atom stereocenters. The number of nitrogens with one attached hydrogen (secondary N) is 1. The van der Waals surface area contributed by atoms with E-state index in [4.69, 9.17) is 9.15 Å². The number of thioether (sulfide) groups is 1. The largest absolute Gasteiger partial charge is 0.496 e. The number of aryl methyl sites for hydroxylation is 1. The molecule has 0 unspecified atom stereocenters. The number of methoxy groups -OCH3 is 1. The molecular formula is C25H21N3O7S. The number of rotatable bonds is 8. The number of carbonyl (C=O) groups excluding carboxylic acids is 3. The van der Waals surface area contributed by atoms with E-state index >= 15 is 0 Å². The molecule has 36 heavy (non-hydrogen) atoms. The number of carbonyl (C=O) groups is 3. The smallest absolute Gasteiger partial charge is 0.294 e. The van der Waals surface area contributed by atoms with Crippen molar-refractivity contribution in [2.24, 2.45) is 0 Å². The van der Waals surface area contributed by atoms with Crippen LogP contribution in [0.15, 0.2) is 63.9 Å². The van der Waals surface area contributed by atoms with Gasteiger partial charge in [0.15, 0.2) is 0 Å². The average Bonchev–Trinajstić information content (AvgIpc) is 3.44. The van der Waals surface area contributed by atoms with Gasteiger partial charge in [-0.3, -0.25) is 29.4 Å². The van der Waals surface area contributed by atoms with Crippen LogP contribution < -0.4 is 10.1 Å². The minimum Gasteiger partial charge on any atom is -0.496 e. The number of imide groups is 1. The summed E-state index contributed by atoms with van der Waals surface area (Å²) in [6, 6.07) is 14.6. The van der Waals surface area contributed by atoms with Gasteiger partial charge < -0.3 is 14.5 Å². The molecule has 10 nitrogen and oxygen atoms in total. The number of amides is 3. The number of anilines is 1. The molecule has 0 spiro atoms. The van der Waals surface area contributed by atoms with E-state index in [0.717, 1.165) is 16.9 Å². The molecule has 1 aliphatic rings. The molecule has 3 aromatic rings. The van der Waals surface area contributed by atoms with Crippen molar-refractivity contribution in [1.82, 2.24) is 4.90 Å². The predicted molar refractivity (Wildman–Crippen MR) is 134 cm³/mol. The van der Waals surface area contributed by atoms with E-state index in [1.54, 1.807) is 24.3 Å². The summed E-state index contributed by atoms with van der Waals surface area (Å²) in [4.78, 5) is 49.0. The van der Waals surface area contributed by atoms with Crippen molar-refractivity contribution in [2.45, 2.75) is 13.3 Å². The summed E-state index contributed by atoms with van der Waals surface area (Å²) in [6.45, 7) is 1.61. The maximum atomic E-state index is 12.8. The number of non-ortho nitro benzene ring substituents is 1. The minimum absolute atomic E-state index is 0.108. The van der Waals surface area contributed by atoms with Crippen LogP contribution in [0, 0.1) is 10.1 Å². The van der Waals surface area contributed by atoms with Crippen LogP contribution >= 0.6 is 11.8 Å². The second kappa shape index (κ2) is 10.5. The Bertz CT molecular complexity index is 1380. The maximum Gasteiger partial charge on any atom is 0.294 e. The van der Waals surface area contributed by atoms with E-state index in [1.807, 2.05) is 19.1 Å². The van der Waals surface area contributed by atoms with Gasteiger partial charge in [0.25, 0.3) is 16.8 Å². The Balaban J connectivity index is 1.46. The van der Waals surface area contributed by atoms with Crippen molar-refractivity contribution < 1.29 is 28.5 Å². The lowest BCUT2D eigenvalue weighted by Crippen LogP contribution is -2.36. The summed E-state index contributed by atoms with van der Waals surface area (Å²) < 4.78 is 11.0. The fraction of sp³-hybridized carbons (Fsp3) is 0.160. The molecule has 0 aliphatic carbocycles. The molecule has 1 N–H and O–H groups in total. The van der Waals surface area contributed by atoms with Crippen LogP contribution in [0.1, 0.15) is 18.2 Å². The van der Waals surface area contributed by atoms with Crippen molar-refractivity contribution in [3.63, 3.8) is 0 Å². The predicted octanol–water partition coefficient (Wildman–Crippen LogP) is 5.10. The third-order valence-corrected chi connectivity index (χ3v) is 6.29. The Morgan fingerprint density at radius 3 is 2.58 bits per heavy atom. The molecule has 2 heterocycles. The molecule has 1 aromatic heterocycles. The van der Waals surface area contributed by atoms with Crippen LogP contribution in [0.3, 0.4) is 0 Å². The number of benzene rings is 2. The SMILES string of the molecule is CCc1ccc(NC(=O)CN2C(=O)S/C(=C/c3ccc(-c4ccc([N+](=O)[O-])cc4OC)o3)C2=O)cc1. The van der Waals surface area contributed by atoms with E-state index in [9.17, 15) is 24.5 Å². The van der Waals surface area contributed by atoms with Crippen LogP contribution in [-0.4, -0.2) is 40.5 Å². The first-order valence-corrected chi connectivity index (χ1v) is 11.7. The monoisotopic (exact) mass is 507 g/mol. The summed E-state index contributed by atoms with van der Waals surface area (Å²) in [5.74, 6) is -0.196. The average molecular weight is 508 g/mol. The summed E-state index contributed by atoms with van der Waals surface area (Å²) in [5.41, 5.74) is 2.05. The van der Waals surface area contributed by atoms with E-state index in [1.165, 1.54) is 31.4 Å². The number of hydrogen-bond donors (Lipinski definition) is 1. The highest BCUT2D eigenvalue weighted by atomic mass is 32.2. The number of nitrogens with zero attached hydrogens (tertiary/aromatic N) is 2. The topological polar surface area (TPSA) is 132 Å². The number of ether oxygens (including phenoxy) is 1. The van der Waals surface area contributed by atoms with Crippen LogP contribution in [0.5, 0.6) is 5.75 Å². The highest BCUT2D eigenvalue weighted by molar-refractivity contribution is 8.18. The van der Waals surface area contributed by atoms with Gasteiger partial charge in [0, 0.05) is 17.8 Å². The lowest BCUT2D eigenvalue weighted by atomic mass is 10.1. The molecule has 2 aromatic carbocycles. The van der Waals surface area contributed by atoms with Crippen molar-refractivity contribution >= 4 is 46.3 Å². The Morgan fingerprint density at radius 2 is 1.92 bits per heavy atom. The third-order valence-electron chi connectivity index (χ3n) is 5.38. The summed E-state index contributed by atoms with van der Waals surface area (Å²) in [7, 11) is 1.39. The second-order valence-electron chi connectivity index (χ2n) is 7.71. The molecule has 0 saturated carbocycles. The van der Waals surface area contributed by atoms with Gasteiger partial charge in [0.05, 0.1) is 28.6 Å². The fourth-order valence-corrected chi connectivity index (χ4v) is 4.32. The van der Waals surface area contributed by atoms with Gasteiger partial charge in [-0.2, -0.15) is 0 Å². The van der Waals surface area contributed by atoms with Gasteiger partial charge in [0.1, 0.15) is 23.8 Å². The van der Waals surface area contributed by atoms with Crippen molar-refractivity contribution in [2.75, 3.05) is 19.0 Å². The van der Waals surface area contributed by atoms with Gasteiger partial charge in [-0.1, -0.05) is 19.1 Å². The standard InChI is InChI=1S/C25H21N3O7S/c1-3-15-4-6-16(7-5-15)26-23(29)14-27-24(30)22(36-25(27)31)13-18-9-11-20(35-18)19-10-8-17(28(32)33)12-21(19)34-2/h4-13H,3,14H2,1-2H3,(H,26,29)/b22-13+. The highest BCUT2D eigenvalue weighted by Gasteiger charge is 2.36.